The van der Waals surface area contributed by atoms with Crippen LogP contribution >= 0.6 is 15.9 Å². The quantitative estimate of drug-likeness (QED) is 0.835. The zero-order valence-electron chi connectivity index (χ0n) is 12.3. The minimum atomic E-state index is 0.0217. The minimum absolute atomic E-state index is 0.0217. The second-order valence-electron chi connectivity index (χ2n) is 5.27. The second kappa shape index (κ2) is 6.48. The third kappa shape index (κ3) is 2.99. The van der Waals surface area contributed by atoms with Crippen molar-refractivity contribution in [3.63, 3.8) is 0 Å². The Balaban J connectivity index is 1.81. The summed E-state index contributed by atoms with van der Waals surface area (Å²) in [7, 11) is 1.60. The molecule has 2 aromatic rings. The summed E-state index contributed by atoms with van der Waals surface area (Å²) in [6.07, 6.45) is 5.46. The number of amides is 1. The van der Waals surface area contributed by atoms with Crippen molar-refractivity contribution in [1.29, 1.82) is 0 Å². The van der Waals surface area contributed by atoms with Crippen LogP contribution in [-0.4, -0.2) is 45.5 Å². The molecule has 1 aliphatic rings. The van der Waals surface area contributed by atoms with Crippen LogP contribution in [0.25, 0.3) is 0 Å². The topological polar surface area (TPSA) is 60.2 Å². The summed E-state index contributed by atoms with van der Waals surface area (Å²) in [6, 6.07) is 5.59. The molecule has 2 heterocycles. The SMILES string of the molecule is COc1ccc(Br)c(C(=O)N2CCC[C@H]2Cn2ccnn2)c1. The van der Waals surface area contributed by atoms with Gasteiger partial charge in [0.1, 0.15) is 5.75 Å². The van der Waals surface area contributed by atoms with E-state index in [9.17, 15) is 4.79 Å². The average Bonchev–Trinajstić information content (AvgIpc) is 3.19. The molecule has 1 saturated heterocycles. The van der Waals surface area contributed by atoms with E-state index in [2.05, 4.69) is 26.2 Å². The van der Waals surface area contributed by atoms with Gasteiger partial charge in [-0.05, 0) is 47.0 Å². The first-order valence-corrected chi connectivity index (χ1v) is 7.97. The summed E-state index contributed by atoms with van der Waals surface area (Å²) >= 11 is 3.46. The molecule has 3 rings (SSSR count). The van der Waals surface area contributed by atoms with E-state index in [-0.39, 0.29) is 11.9 Å². The normalized spacial score (nSPS) is 17.7. The van der Waals surface area contributed by atoms with Crippen molar-refractivity contribution in [3.05, 3.63) is 40.6 Å². The standard InChI is InChI=1S/C15H17BrN4O2/c1-22-12-4-5-14(16)13(9-12)15(21)20-7-2-3-11(20)10-19-8-6-17-18-19/h4-6,8-9,11H,2-3,7,10H2,1H3/t11-/m0/s1. The summed E-state index contributed by atoms with van der Waals surface area (Å²) in [4.78, 5) is 14.8. The summed E-state index contributed by atoms with van der Waals surface area (Å²) < 4.78 is 7.78. The predicted molar refractivity (Wildman–Crippen MR) is 84.8 cm³/mol. The van der Waals surface area contributed by atoms with Gasteiger partial charge < -0.3 is 9.64 Å². The largest absolute Gasteiger partial charge is 0.497 e. The van der Waals surface area contributed by atoms with E-state index >= 15 is 0 Å². The smallest absolute Gasteiger partial charge is 0.255 e. The number of nitrogens with zero attached hydrogens (tertiary/aromatic N) is 4. The lowest BCUT2D eigenvalue weighted by molar-refractivity contribution is 0.0720. The van der Waals surface area contributed by atoms with E-state index in [4.69, 9.17) is 4.74 Å². The van der Waals surface area contributed by atoms with Crippen LogP contribution in [0, 0.1) is 0 Å². The number of methoxy groups -OCH3 is 1. The van der Waals surface area contributed by atoms with E-state index in [1.54, 1.807) is 24.1 Å². The molecule has 116 valence electrons. The van der Waals surface area contributed by atoms with Crippen LogP contribution < -0.4 is 4.74 Å². The average molecular weight is 365 g/mol. The Hall–Kier alpha value is -1.89. The third-order valence-electron chi connectivity index (χ3n) is 3.91. The number of carbonyl (C=O) groups excluding carboxylic acids is 1. The highest BCUT2D eigenvalue weighted by Crippen LogP contribution is 2.27. The van der Waals surface area contributed by atoms with Crippen LogP contribution in [0.4, 0.5) is 0 Å². The molecule has 6 nitrogen and oxygen atoms in total. The zero-order chi connectivity index (χ0) is 15.5. The molecule has 0 unspecified atom stereocenters. The summed E-state index contributed by atoms with van der Waals surface area (Å²) in [5.74, 6) is 0.701. The van der Waals surface area contributed by atoms with Crippen LogP contribution in [0.3, 0.4) is 0 Å². The Morgan fingerprint density at radius 3 is 3.09 bits per heavy atom. The number of carbonyl (C=O) groups is 1. The minimum Gasteiger partial charge on any atom is -0.497 e. The van der Waals surface area contributed by atoms with Crippen molar-refractivity contribution in [2.45, 2.75) is 25.4 Å². The first-order valence-electron chi connectivity index (χ1n) is 7.17. The fourth-order valence-electron chi connectivity index (χ4n) is 2.79. The molecule has 1 atom stereocenters. The number of halogens is 1. The zero-order valence-corrected chi connectivity index (χ0v) is 13.9. The van der Waals surface area contributed by atoms with Crippen LogP contribution in [0.5, 0.6) is 5.75 Å². The fraction of sp³-hybridized carbons (Fsp3) is 0.400. The molecule has 0 spiro atoms. The number of likely N-dealkylation sites (tertiary alicyclic amines) is 1. The molecule has 1 fully saturated rings. The molecule has 0 N–H and O–H groups in total. The molecule has 0 bridgehead atoms. The Kier molecular flexibility index (Phi) is 4.42. The van der Waals surface area contributed by atoms with Gasteiger partial charge in [0.2, 0.25) is 0 Å². The third-order valence-corrected chi connectivity index (χ3v) is 4.60. The van der Waals surface area contributed by atoms with E-state index in [0.717, 1.165) is 23.9 Å². The van der Waals surface area contributed by atoms with Gasteiger partial charge in [0.15, 0.2) is 0 Å². The van der Waals surface area contributed by atoms with Crippen molar-refractivity contribution in [2.75, 3.05) is 13.7 Å². The number of rotatable bonds is 4. The molecule has 0 saturated carbocycles. The molecule has 1 amide bonds. The molecule has 0 radical (unpaired) electrons. The monoisotopic (exact) mass is 364 g/mol. The predicted octanol–water partition coefficient (Wildman–Crippen LogP) is 2.35. The Labute approximate surface area is 137 Å². The van der Waals surface area contributed by atoms with Crippen LogP contribution in [0.15, 0.2) is 35.1 Å². The molecular formula is C15H17BrN4O2. The van der Waals surface area contributed by atoms with Gasteiger partial charge in [0.05, 0.1) is 31.5 Å². The Morgan fingerprint density at radius 1 is 1.50 bits per heavy atom. The number of ether oxygens (including phenoxy) is 1. The fourth-order valence-corrected chi connectivity index (χ4v) is 3.21. The van der Waals surface area contributed by atoms with E-state index in [1.807, 2.05) is 23.2 Å². The van der Waals surface area contributed by atoms with Gasteiger partial charge in [-0.3, -0.25) is 9.48 Å². The van der Waals surface area contributed by atoms with E-state index < -0.39 is 0 Å². The van der Waals surface area contributed by atoms with Crippen molar-refractivity contribution >= 4 is 21.8 Å². The van der Waals surface area contributed by atoms with Crippen molar-refractivity contribution in [2.24, 2.45) is 0 Å². The Bertz CT molecular complexity index is 660. The maximum Gasteiger partial charge on any atom is 0.255 e. The molecule has 0 aliphatic carbocycles. The van der Waals surface area contributed by atoms with Gasteiger partial charge in [0, 0.05) is 17.2 Å². The Morgan fingerprint density at radius 2 is 2.36 bits per heavy atom. The molecule has 7 heteroatoms. The first-order chi connectivity index (χ1) is 10.7. The molecule has 1 aromatic heterocycles. The van der Waals surface area contributed by atoms with Crippen LogP contribution in [0.1, 0.15) is 23.2 Å². The van der Waals surface area contributed by atoms with Gasteiger partial charge >= 0.3 is 0 Å². The number of benzene rings is 1. The molecular weight excluding hydrogens is 348 g/mol. The molecule has 22 heavy (non-hydrogen) atoms. The van der Waals surface area contributed by atoms with E-state index in [0.29, 0.717) is 17.9 Å². The van der Waals surface area contributed by atoms with Crippen molar-refractivity contribution in [3.8, 4) is 5.75 Å². The number of aromatic nitrogens is 3. The number of hydrogen-bond donors (Lipinski definition) is 0. The lowest BCUT2D eigenvalue weighted by atomic mass is 10.1. The second-order valence-corrected chi connectivity index (χ2v) is 6.12. The van der Waals surface area contributed by atoms with Crippen molar-refractivity contribution in [1.82, 2.24) is 19.9 Å². The highest BCUT2D eigenvalue weighted by atomic mass is 79.9. The number of hydrogen-bond acceptors (Lipinski definition) is 4. The molecule has 1 aromatic carbocycles. The lowest BCUT2D eigenvalue weighted by Gasteiger charge is -2.25. The van der Waals surface area contributed by atoms with Gasteiger partial charge in [-0.2, -0.15) is 0 Å². The highest BCUT2D eigenvalue weighted by Gasteiger charge is 2.30. The van der Waals surface area contributed by atoms with Crippen LogP contribution in [0.2, 0.25) is 0 Å². The summed E-state index contributed by atoms with van der Waals surface area (Å²) in [5.41, 5.74) is 0.629. The molecule has 1 aliphatic heterocycles. The van der Waals surface area contributed by atoms with Crippen molar-refractivity contribution < 1.29 is 9.53 Å². The van der Waals surface area contributed by atoms with Gasteiger partial charge in [-0.1, -0.05) is 5.21 Å². The van der Waals surface area contributed by atoms with E-state index in [1.165, 1.54) is 0 Å². The van der Waals surface area contributed by atoms with Crippen LogP contribution in [-0.2, 0) is 6.54 Å². The highest BCUT2D eigenvalue weighted by molar-refractivity contribution is 9.10. The van der Waals surface area contributed by atoms with Gasteiger partial charge in [-0.15, -0.1) is 5.10 Å². The lowest BCUT2D eigenvalue weighted by Crippen LogP contribution is -2.38. The maximum absolute atomic E-state index is 12.9. The summed E-state index contributed by atoms with van der Waals surface area (Å²) in [5, 5.41) is 7.81. The van der Waals surface area contributed by atoms with Gasteiger partial charge in [0.25, 0.3) is 5.91 Å². The van der Waals surface area contributed by atoms with Gasteiger partial charge in [-0.25, -0.2) is 0 Å². The maximum atomic E-state index is 12.9. The first kappa shape index (κ1) is 15.0. The summed E-state index contributed by atoms with van der Waals surface area (Å²) in [6.45, 7) is 1.44.